The number of nitro groups is 1. The van der Waals surface area contributed by atoms with Crippen LogP contribution in [0.15, 0.2) is 12.1 Å². The van der Waals surface area contributed by atoms with Crippen LogP contribution in [0, 0.1) is 10.1 Å². The highest BCUT2D eigenvalue weighted by molar-refractivity contribution is 7.99. The van der Waals surface area contributed by atoms with E-state index in [2.05, 4.69) is 5.32 Å². The Balaban J connectivity index is 2.59. The van der Waals surface area contributed by atoms with Crippen LogP contribution >= 0.6 is 23.4 Å². The summed E-state index contributed by atoms with van der Waals surface area (Å²) in [6.45, 7) is 2.79. The van der Waals surface area contributed by atoms with Gasteiger partial charge in [-0.2, -0.15) is 11.8 Å². The molecule has 0 aliphatic carbocycles. The second kappa shape index (κ2) is 5.14. The minimum absolute atomic E-state index is 0.0805. The van der Waals surface area contributed by atoms with E-state index in [9.17, 15) is 10.1 Å². The number of hydrogen-bond acceptors (Lipinski definition) is 4. The Morgan fingerprint density at radius 1 is 1.59 bits per heavy atom. The predicted octanol–water partition coefficient (Wildman–Crippen LogP) is 3.86. The molecule has 0 radical (unpaired) electrons. The van der Waals surface area contributed by atoms with Crippen LogP contribution in [-0.4, -0.2) is 17.2 Å². The first-order valence-corrected chi connectivity index (χ1v) is 6.86. The Morgan fingerprint density at radius 2 is 2.35 bits per heavy atom. The van der Waals surface area contributed by atoms with E-state index in [1.165, 1.54) is 6.07 Å². The number of fused-ring (bicyclic) bond motifs is 1. The average Bonchev–Trinajstić information content (AvgIpc) is 2.26. The summed E-state index contributed by atoms with van der Waals surface area (Å²) in [5.41, 5.74) is 1.59. The lowest BCUT2D eigenvalue weighted by atomic mass is 10.1. The van der Waals surface area contributed by atoms with Crippen molar-refractivity contribution in [3.63, 3.8) is 0 Å². The third kappa shape index (κ3) is 2.50. The third-order valence-electron chi connectivity index (χ3n) is 2.77. The van der Waals surface area contributed by atoms with E-state index in [4.69, 9.17) is 11.6 Å². The lowest BCUT2D eigenvalue weighted by Crippen LogP contribution is -2.12. The van der Waals surface area contributed by atoms with Gasteiger partial charge in [-0.1, -0.05) is 11.6 Å². The quantitative estimate of drug-likeness (QED) is 0.623. The number of rotatable bonds is 1. The third-order valence-corrected chi connectivity index (χ3v) is 4.34. The average molecular weight is 273 g/mol. The molecule has 0 amide bonds. The van der Waals surface area contributed by atoms with Crippen LogP contribution < -0.4 is 5.32 Å². The highest BCUT2D eigenvalue weighted by atomic mass is 35.5. The highest BCUT2D eigenvalue weighted by Crippen LogP contribution is 2.43. The molecular weight excluding hydrogens is 260 g/mol. The largest absolute Gasteiger partial charge is 0.383 e. The van der Waals surface area contributed by atoms with Crippen molar-refractivity contribution in [2.24, 2.45) is 0 Å². The molecule has 0 fully saturated rings. The summed E-state index contributed by atoms with van der Waals surface area (Å²) in [5.74, 6) is 0.997. The van der Waals surface area contributed by atoms with Crippen LogP contribution in [0.5, 0.6) is 0 Å². The molecule has 1 aromatic rings. The molecular formula is C11H13ClN2O2S. The summed E-state index contributed by atoms with van der Waals surface area (Å²) in [5, 5.41) is 14.9. The van der Waals surface area contributed by atoms with Gasteiger partial charge in [-0.25, -0.2) is 0 Å². The van der Waals surface area contributed by atoms with Gasteiger partial charge in [0.25, 0.3) is 5.69 Å². The fourth-order valence-electron chi connectivity index (χ4n) is 1.96. The first-order chi connectivity index (χ1) is 8.11. The molecule has 2 rings (SSSR count). The van der Waals surface area contributed by atoms with Gasteiger partial charge in [-0.05, 0) is 25.2 Å². The Bertz CT molecular complexity index is 453. The molecule has 1 unspecified atom stereocenters. The van der Waals surface area contributed by atoms with E-state index < -0.39 is 0 Å². The van der Waals surface area contributed by atoms with E-state index in [1.807, 2.05) is 6.92 Å². The normalized spacial score (nSPS) is 19.8. The summed E-state index contributed by atoms with van der Waals surface area (Å²) in [4.78, 5) is 10.7. The monoisotopic (exact) mass is 272 g/mol. The van der Waals surface area contributed by atoms with Gasteiger partial charge >= 0.3 is 0 Å². The number of hydrogen-bond donors (Lipinski definition) is 1. The molecule has 1 aliphatic heterocycles. The second-order valence-corrected chi connectivity index (χ2v) is 5.76. The Morgan fingerprint density at radius 3 is 3.06 bits per heavy atom. The zero-order valence-corrected chi connectivity index (χ0v) is 11.0. The van der Waals surface area contributed by atoms with Crippen LogP contribution in [0.4, 0.5) is 11.4 Å². The van der Waals surface area contributed by atoms with Gasteiger partial charge in [-0.15, -0.1) is 0 Å². The van der Waals surface area contributed by atoms with Crippen molar-refractivity contribution in [2.45, 2.75) is 18.6 Å². The van der Waals surface area contributed by atoms with Crippen LogP contribution in [0.3, 0.4) is 0 Å². The van der Waals surface area contributed by atoms with Crippen molar-refractivity contribution in [1.82, 2.24) is 0 Å². The van der Waals surface area contributed by atoms with Crippen LogP contribution in [-0.2, 0) is 0 Å². The second-order valence-electron chi connectivity index (χ2n) is 3.91. The maximum absolute atomic E-state index is 11.1. The number of anilines is 1. The predicted molar refractivity (Wildman–Crippen MR) is 72.1 cm³/mol. The molecule has 1 atom stereocenters. The fraction of sp³-hybridized carbons (Fsp3) is 0.455. The smallest absolute Gasteiger partial charge is 0.275 e. The molecule has 1 N–H and O–H groups in total. The first-order valence-electron chi connectivity index (χ1n) is 5.43. The summed E-state index contributed by atoms with van der Waals surface area (Å²) < 4.78 is 0. The van der Waals surface area contributed by atoms with Crippen molar-refractivity contribution in [3.8, 4) is 0 Å². The van der Waals surface area contributed by atoms with Crippen molar-refractivity contribution in [2.75, 3.05) is 17.6 Å². The van der Waals surface area contributed by atoms with E-state index in [0.717, 1.165) is 24.4 Å². The SMILES string of the molecule is CC1SCCCNc2c(Cl)ccc([N+](=O)[O-])c21. The minimum atomic E-state index is -0.338. The summed E-state index contributed by atoms with van der Waals surface area (Å²) in [7, 11) is 0. The van der Waals surface area contributed by atoms with E-state index in [-0.39, 0.29) is 15.9 Å². The molecule has 0 spiro atoms. The summed E-state index contributed by atoms with van der Waals surface area (Å²) in [6.07, 6.45) is 1.04. The fourth-order valence-corrected chi connectivity index (χ4v) is 3.26. The van der Waals surface area contributed by atoms with Gasteiger partial charge in [0, 0.05) is 17.9 Å². The molecule has 1 aromatic carbocycles. The van der Waals surface area contributed by atoms with Crippen LogP contribution in [0.1, 0.15) is 24.2 Å². The number of halogens is 1. The molecule has 6 heteroatoms. The maximum atomic E-state index is 11.1. The Labute approximate surface area is 109 Å². The lowest BCUT2D eigenvalue weighted by molar-refractivity contribution is -0.385. The topological polar surface area (TPSA) is 55.2 Å². The van der Waals surface area contributed by atoms with Crippen molar-refractivity contribution in [3.05, 3.63) is 32.8 Å². The first kappa shape index (κ1) is 12.5. The zero-order valence-electron chi connectivity index (χ0n) is 9.40. The maximum Gasteiger partial charge on any atom is 0.275 e. The summed E-state index contributed by atoms with van der Waals surface area (Å²) in [6, 6.07) is 3.08. The number of benzene rings is 1. The molecule has 0 bridgehead atoms. The van der Waals surface area contributed by atoms with Gasteiger partial charge in [0.2, 0.25) is 0 Å². The highest BCUT2D eigenvalue weighted by Gasteiger charge is 2.26. The van der Waals surface area contributed by atoms with Gasteiger partial charge in [0.05, 0.1) is 21.2 Å². The van der Waals surface area contributed by atoms with Crippen molar-refractivity contribution < 1.29 is 4.92 Å². The van der Waals surface area contributed by atoms with Gasteiger partial charge in [0.15, 0.2) is 0 Å². The van der Waals surface area contributed by atoms with Crippen LogP contribution in [0.25, 0.3) is 0 Å². The van der Waals surface area contributed by atoms with Gasteiger partial charge < -0.3 is 5.32 Å². The van der Waals surface area contributed by atoms with E-state index >= 15 is 0 Å². The van der Waals surface area contributed by atoms with E-state index in [0.29, 0.717) is 10.6 Å². The number of nitrogens with zero attached hydrogens (tertiary/aromatic N) is 1. The molecule has 0 saturated heterocycles. The molecule has 1 heterocycles. The standard InChI is InChI=1S/C11H13ClN2O2S/c1-7-10-9(14(15)16)4-3-8(12)11(10)13-5-2-6-17-7/h3-4,7,13H,2,5-6H2,1H3. The number of nitrogens with one attached hydrogen (secondary N) is 1. The summed E-state index contributed by atoms with van der Waals surface area (Å²) >= 11 is 7.85. The zero-order chi connectivity index (χ0) is 12.4. The molecule has 92 valence electrons. The molecule has 1 aliphatic rings. The van der Waals surface area contributed by atoms with Gasteiger partial charge in [0.1, 0.15) is 0 Å². The number of thioether (sulfide) groups is 1. The number of nitro benzene ring substituents is 1. The molecule has 0 aromatic heterocycles. The lowest BCUT2D eigenvalue weighted by Gasteiger charge is -2.21. The molecule has 4 nitrogen and oxygen atoms in total. The van der Waals surface area contributed by atoms with Crippen LogP contribution in [0.2, 0.25) is 5.02 Å². The van der Waals surface area contributed by atoms with Crippen molar-refractivity contribution >= 4 is 34.7 Å². The van der Waals surface area contributed by atoms with E-state index in [1.54, 1.807) is 17.8 Å². The van der Waals surface area contributed by atoms with Gasteiger partial charge in [-0.3, -0.25) is 10.1 Å². The minimum Gasteiger partial charge on any atom is -0.383 e. The Hall–Kier alpha value is -0.940. The molecule has 0 saturated carbocycles. The molecule has 17 heavy (non-hydrogen) atoms. The van der Waals surface area contributed by atoms with Crippen molar-refractivity contribution in [1.29, 1.82) is 0 Å². The Kier molecular flexibility index (Phi) is 3.79.